The molecular formula is C19H17ClF3NO4. The van der Waals surface area contributed by atoms with Gasteiger partial charge < -0.3 is 14.8 Å². The van der Waals surface area contributed by atoms with Gasteiger partial charge in [0.15, 0.2) is 6.61 Å². The fraction of sp³-hybridized carbons (Fsp3) is 0.263. The number of carbonyl (C=O) groups is 2. The molecule has 0 unspecified atom stereocenters. The van der Waals surface area contributed by atoms with Crippen LogP contribution < -0.4 is 10.1 Å². The average molecular weight is 416 g/mol. The van der Waals surface area contributed by atoms with Crippen molar-refractivity contribution >= 4 is 23.5 Å². The molecule has 0 aliphatic rings. The van der Waals surface area contributed by atoms with E-state index in [1.54, 1.807) is 0 Å². The van der Waals surface area contributed by atoms with Crippen LogP contribution in [0.15, 0.2) is 42.5 Å². The normalized spacial score (nSPS) is 11.0. The third-order valence-electron chi connectivity index (χ3n) is 3.55. The van der Waals surface area contributed by atoms with Crippen molar-refractivity contribution in [1.29, 1.82) is 0 Å². The Morgan fingerprint density at radius 2 is 1.79 bits per heavy atom. The first kappa shape index (κ1) is 21.6. The molecule has 1 amide bonds. The molecule has 2 aromatic rings. The van der Waals surface area contributed by atoms with E-state index in [0.717, 1.165) is 6.07 Å². The highest BCUT2D eigenvalue weighted by Gasteiger charge is 2.35. The van der Waals surface area contributed by atoms with E-state index in [1.807, 2.05) is 0 Å². The van der Waals surface area contributed by atoms with E-state index < -0.39 is 24.3 Å². The maximum Gasteiger partial charge on any atom is 0.417 e. The number of rotatable bonds is 7. The van der Waals surface area contributed by atoms with Gasteiger partial charge >= 0.3 is 12.1 Å². The summed E-state index contributed by atoms with van der Waals surface area (Å²) in [5.74, 6) is -1.16. The van der Waals surface area contributed by atoms with Crippen LogP contribution in [0.4, 0.5) is 13.2 Å². The van der Waals surface area contributed by atoms with Crippen LogP contribution in [-0.4, -0.2) is 31.6 Å². The summed E-state index contributed by atoms with van der Waals surface area (Å²) in [6.07, 6.45) is -4.62. The molecule has 0 heterocycles. The fourth-order valence-electron chi connectivity index (χ4n) is 2.37. The lowest BCUT2D eigenvalue weighted by atomic mass is 9.98. The van der Waals surface area contributed by atoms with Crippen molar-refractivity contribution in [1.82, 2.24) is 5.32 Å². The molecule has 150 valence electrons. The Bertz CT molecular complexity index is 838. The number of carbonyl (C=O) groups excluding carboxylic acids is 2. The number of amides is 1. The molecule has 0 saturated heterocycles. The summed E-state index contributed by atoms with van der Waals surface area (Å²) in [5, 5.41) is 2.81. The van der Waals surface area contributed by atoms with E-state index in [-0.39, 0.29) is 35.9 Å². The number of alkyl halides is 3. The van der Waals surface area contributed by atoms with Gasteiger partial charge in [-0.15, -0.1) is 0 Å². The smallest absolute Gasteiger partial charge is 0.417 e. The number of ether oxygens (including phenoxy) is 2. The predicted molar refractivity (Wildman–Crippen MR) is 97.0 cm³/mol. The first-order chi connectivity index (χ1) is 13.2. The summed E-state index contributed by atoms with van der Waals surface area (Å²) in [5.41, 5.74) is -0.851. The zero-order chi connectivity index (χ0) is 20.7. The van der Waals surface area contributed by atoms with Crippen LogP contribution in [0.25, 0.3) is 11.1 Å². The van der Waals surface area contributed by atoms with Crippen LogP contribution in [0.2, 0.25) is 5.02 Å². The van der Waals surface area contributed by atoms with E-state index in [0.29, 0.717) is 5.02 Å². The Balaban J connectivity index is 2.19. The maximum absolute atomic E-state index is 13.5. The molecule has 0 spiro atoms. The molecule has 0 aliphatic heterocycles. The van der Waals surface area contributed by atoms with Crippen molar-refractivity contribution in [2.24, 2.45) is 0 Å². The lowest BCUT2D eigenvalue weighted by Gasteiger charge is -2.17. The molecule has 0 aromatic heterocycles. The Morgan fingerprint density at radius 1 is 1.11 bits per heavy atom. The van der Waals surface area contributed by atoms with Gasteiger partial charge in [0.1, 0.15) is 12.4 Å². The molecule has 2 rings (SSSR count). The largest absolute Gasteiger partial charge is 0.481 e. The van der Waals surface area contributed by atoms with Crippen LogP contribution in [0, 0.1) is 0 Å². The second-order valence-corrected chi connectivity index (χ2v) is 6.11. The van der Waals surface area contributed by atoms with E-state index >= 15 is 0 Å². The number of hydrogen-bond acceptors (Lipinski definition) is 4. The molecule has 0 saturated carbocycles. The zero-order valence-electron chi connectivity index (χ0n) is 14.8. The van der Waals surface area contributed by atoms with Crippen molar-refractivity contribution in [2.45, 2.75) is 13.1 Å². The molecule has 0 fully saturated rings. The van der Waals surface area contributed by atoms with Gasteiger partial charge in [-0.05, 0) is 29.8 Å². The standard InChI is InChI=1S/C19H17ClF3NO4/c1-12(25)24-9-10-27-17(26)11-28-16-4-2-3-15(19(21,22)23)18(16)13-5-7-14(20)8-6-13/h2-8H,9-11H2,1H3,(H,24,25). The Hall–Kier alpha value is -2.74. The molecule has 28 heavy (non-hydrogen) atoms. The highest BCUT2D eigenvalue weighted by molar-refractivity contribution is 6.30. The minimum Gasteiger partial charge on any atom is -0.481 e. The highest BCUT2D eigenvalue weighted by atomic mass is 35.5. The fourth-order valence-corrected chi connectivity index (χ4v) is 2.50. The number of benzene rings is 2. The molecule has 9 heteroatoms. The lowest BCUT2D eigenvalue weighted by molar-refractivity contribution is -0.146. The second-order valence-electron chi connectivity index (χ2n) is 5.68. The predicted octanol–water partition coefficient (Wildman–Crippen LogP) is 4.08. The van der Waals surface area contributed by atoms with Gasteiger partial charge in [-0.25, -0.2) is 4.79 Å². The van der Waals surface area contributed by atoms with E-state index in [4.69, 9.17) is 21.1 Å². The van der Waals surface area contributed by atoms with Crippen molar-refractivity contribution in [3.63, 3.8) is 0 Å². The molecule has 1 N–H and O–H groups in total. The van der Waals surface area contributed by atoms with E-state index in [2.05, 4.69) is 5.32 Å². The third-order valence-corrected chi connectivity index (χ3v) is 3.80. The number of halogens is 4. The lowest BCUT2D eigenvalue weighted by Crippen LogP contribution is -2.26. The van der Waals surface area contributed by atoms with Gasteiger partial charge in [0.05, 0.1) is 12.1 Å². The van der Waals surface area contributed by atoms with E-state index in [1.165, 1.54) is 43.3 Å². The van der Waals surface area contributed by atoms with Crippen LogP contribution in [-0.2, 0) is 20.5 Å². The Labute approximate surface area is 164 Å². The third kappa shape index (κ3) is 6.16. The quantitative estimate of drug-likeness (QED) is 0.546. The monoisotopic (exact) mass is 415 g/mol. The van der Waals surface area contributed by atoms with Crippen LogP contribution in [0.5, 0.6) is 5.75 Å². The topological polar surface area (TPSA) is 64.6 Å². The first-order valence-corrected chi connectivity index (χ1v) is 8.55. The minimum absolute atomic E-state index is 0.0750. The Kier molecular flexibility index (Phi) is 7.28. The summed E-state index contributed by atoms with van der Waals surface area (Å²) >= 11 is 5.81. The summed E-state index contributed by atoms with van der Waals surface area (Å²) in [7, 11) is 0. The minimum atomic E-state index is -4.62. The molecule has 0 atom stereocenters. The van der Waals surface area contributed by atoms with Gasteiger partial charge in [-0.1, -0.05) is 29.8 Å². The summed E-state index contributed by atoms with van der Waals surface area (Å²) in [6, 6.07) is 9.26. The SMILES string of the molecule is CC(=O)NCCOC(=O)COc1cccc(C(F)(F)F)c1-c1ccc(Cl)cc1. The molecule has 0 radical (unpaired) electrons. The average Bonchev–Trinajstić information content (AvgIpc) is 2.63. The van der Waals surface area contributed by atoms with Crippen molar-refractivity contribution in [3.8, 4) is 16.9 Å². The molecule has 0 bridgehead atoms. The molecule has 2 aromatic carbocycles. The highest BCUT2D eigenvalue weighted by Crippen LogP contribution is 2.42. The first-order valence-electron chi connectivity index (χ1n) is 8.17. The van der Waals surface area contributed by atoms with Gasteiger partial charge in [0, 0.05) is 17.5 Å². The summed E-state index contributed by atoms with van der Waals surface area (Å²) in [4.78, 5) is 22.5. The van der Waals surface area contributed by atoms with Gasteiger partial charge in [0.2, 0.25) is 5.91 Å². The van der Waals surface area contributed by atoms with Crippen molar-refractivity contribution in [2.75, 3.05) is 19.8 Å². The van der Waals surface area contributed by atoms with E-state index in [9.17, 15) is 22.8 Å². The Morgan fingerprint density at radius 3 is 2.39 bits per heavy atom. The van der Waals surface area contributed by atoms with Crippen molar-refractivity contribution in [3.05, 3.63) is 53.1 Å². The van der Waals surface area contributed by atoms with Crippen LogP contribution in [0.1, 0.15) is 12.5 Å². The molecule has 0 aliphatic carbocycles. The number of hydrogen-bond donors (Lipinski definition) is 1. The van der Waals surface area contributed by atoms with Gasteiger partial charge in [-0.2, -0.15) is 13.2 Å². The molecular weight excluding hydrogens is 399 g/mol. The second kappa shape index (κ2) is 9.45. The molecule has 5 nitrogen and oxygen atoms in total. The van der Waals surface area contributed by atoms with Gasteiger partial charge in [-0.3, -0.25) is 4.79 Å². The zero-order valence-corrected chi connectivity index (χ0v) is 15.6. The van der Waals surface area contributed by atoms with Crippen LogP contribution in [0.3, 0.4) is 0 Å². The maximum atomic E-state index is 13.5. The number of nitrogens with one attached hydrogen (secondary N) is 1. The van der Waals surface area contributed by atoms with Crippen molar-refractivity contribution < 1.29 is 32.2 Å². The number of esters is 1. The van der Waals surface area contributed by atoms with Gasteiger partial charge in [0.25, 0.3) is 0 Å². The summed E-state index contributed by atoms with van der Waals surface area (Å²) in [6.45, 7) is 0.786. The summed E-state index contributed by atoms with van der Waals surface area (Å²) < 4.78 is 50.5. The van der Waals surface area contributed by atoms with Crippen LogP contribution >= 0.6 is 11.6 Å².